The van der Waals surface area contributed by atoms with E-state index in [1.165, 1.54) is 37.1 Å². The van der Waals surface area contributed by atoms with Crippen molar-refractivity contribution in [2.75, 3.05) is 7.11 Å². The minimum absolute atomic E-state index is 0.198. The molecule has 0 heterocycles. The maximum Gasteiger partial charge on any atom is 0.165 e. The van der Waals surface area contributed by atoms with E-state index in [0.29, 0.717) is 17.9 Å². The summed E-state index contributed by atoms with van der Waals surface area (Å²) in [6.07, 6.45) is 3.11. The van der Waals surface area contributed by atoms with Gasteiger partial charge in [0.2, 0.25) is 0 Å². The van der Waals surface area contributed by atoms with Gasteiger partial charge in [-0.2, -0.15) is 0 Å². The predicted molar refractivity (Wildman–Crippen MR) is 116 cm³/mol. The number of rotatable bonds is 7. The Morgan fingerprint density at radius 1 is 1.00 bits per heavy atom. The van der Waals surface area contributed by atoms with Gasteiger partial charge in [-0.25, -0.2) is 4.39 Å². The molecule has 0 aliphatic carbocycles. The van der Waals surface area contributed by atoms with Crippen LogP contribution in [-0.2, 0) is 12.0 Å². The summed E-state index contributed by atoms with van der Waals surface area (Å²) in [6.45, 7) is 12.4. The molecule has 0 aliphatic rings. The van der Waals surface area contributed by atoms with Gasteiger partial charge < -0.3 is 9.84 Å². The zero-order valence-corrected chi connectivity index (χ0v) is 18.6. The Bertz CT molecular complexity index is 703. The van der Waals surface area contributed by atoms with Gasteiger partial charge in [0, 0.05) is 0 Å². The molecule has 0 spiro atoms. The highest BCUT2D eigenvalue weighted by molar-refractivity contribution is 5.32. The first-order valence-electron chi connectivity index (χ1n) is 10.2. The number of hydrogen-bond donors (Lipinski definition) is 1. The van der Waals surface area contributed by atoms with Crippen LogP contribution in [0.1, 0.15) is 64.2 Å². The van der Waals surface area contributed by atoms with Gasteiger partial charge in [0.25, 0.3) is 0 Å². The van der Waals surface area contributed by atoms with Crippen molar-refractivity contribution in [2.24, 2.45) is 11.8 Å². The highest BCUT2D eigenvalue weighted by Crippen LogP contribution is 2.30. The fourth-order valence-corrected chi connectivity index (χ4v) is 3.12. The third-order valence-electron chi connectivity index (χ3n) is 4.71. The van der Waals surface area contributed by atoms with E-state index in [9.17, 15) is 9.50 Å². The monoisotopic (exact) mass is 388 g/mol. The summed E-state index contributed by atoms with van der Waals surface area (Å²) in [6, 6.07) is 13.4. The average Bonchev–Trinajstić information content (AvgIpc) is 2.60. The second-order valence-electron chi connectivity index (χ2n) is 8.64. The molecule has 156 valence electrons. The minimum atomic E-state index is -0.999. The second-order valence-corrected chi connectivity index (χ2v) is 8.64. The zero-order valence-electron chi connectivity index (χ0n) is 18.6. The van der Waals surface area contributed by atoms with Crippen molar-refractivity contribution in [3.8, 4) is 5.75 Å². The van der Waals surface area contributed by atoms with Crippen LogP contribution in [0, 0.1) is 24.6 Å². The topological polar surface area (TPSA) is 29.5 Å². The molecule has 0 radical (unpaired) electrons. The maximum absolute atomic E-state index is 13.5. The standard InChI is InChI=1S/C13H19FO2.C12H18/c1-9(2)8-13(3,15)10-5-6-12(16-4)11(14)7-10;1-10(2)4-7-12-8-5-11(3)6-9-12/h5-7,9,15H,8H2,1-4H3;5-6,8-10H,4,7H2,1-3H3. The number of ether oxygens (including phenoxy) is 1. The minimum Gasteiger partial charge on any atom is -0.494 e. The molecule has 0 aromatic heterocycles. The molecule has 1 unspecified atom stereocenters. The van der Waals surface area contributed by atoms with Crippen molar-refractivity contribution in [1.82, 2.24) is 0 Å². The van der Waals surface area contributed by atoms with E-state index < -0.39 is 11.4 Å². The molecule has 3 heteroatoms. The molecular weight excluding hydrogens is 351 g/mol. The van der Waals surface area contributed by atoms with E-state index >= 15 is 0 Å². The normalized spacial score (nSPS) is 13.1. The molecule has 2 aromatic carbocycles. The van der Waals surface area contributed by atoms with Crippen molar-refractivity contribution < 1.29 is 14.2 Å². The van der Waals surface area contributed by atoms with Gasteiger partial charge in [-0.05, 0) is 68.2 Å². The molecule has 0 amide bonds. The quantitative estimate of drug-likeness (QED) is 0.574. The molecule has 0 bridgehead atoms. The summed E-state index contributed by atoms with van der Waals surface area (Å²) in [7, 11) is 1.42. The predicted octanol–water partition coefficient (Wildman–Crippen LogP) is 6.67. The molecular formula is C25H37FO2. The molecule has 1 N–H and O–H groups in total. The van der Waals surface area contributed by atoms with Crippen molar-refractivity contribution in [3.05, 3.63) is 65.0 Å². The van der Waals surface area contributed by atoms with Crippen LogP contribution < -0.4 is 4.74 Å². The van der Waals surface area contributed by atoms with E-state index in [-0.39, 0.29) is 5.75 Å². The SMILES string of the molecule is COc1ccc(C(C)(O)CC(C)C)cc1F.Cc1ccc(CCC(C)C)cc1. The Labute approximate surface area is 170 Å². The van der Waals surface area contributed by atoms with E-state index in [2.05, 4.69) is 45.0 Å². The third-order valence-corrected chi connectivity index (χ3v) is 4.71. The van der Waals surface area contributed by atoms with Gasteiger partial charge in [-0.3, -0.25) is 0 Å². The maximum atomic E-state index is 13.5. The van der Waals surface area contributed by atoms with E-state index in [1.807, 2.05) is 13.8 Å². The summed E-state index contributed by atoms with van der Waals surface area (Å²) >= 11 is 0. The number of aryl methyl sites for hydroxylation is 2. The van der Waals surface area contributed by atoms with Crippen LogP contribution >= 0.6 is 0 Å². The smallest absolute Gasteiger partial charge is 0.165 e. The van der Waals surface area contributed by atoms with E-state index in [4.69, 9.17) is 4.74 Å². The number of aliphatic hydroxyl groups is 1. The highest BCUT2D eigenvalue weighted by atomic mass is 19.1. The lowest BCUT2D eigenvalue weighted by atomic mass is 9.87. The summed E-state index contributed by atoms with van der Waals surface area (Å²) in [4.78, 5) is 0. The summed E-state index contributed by atoms with van der Waals surface area (Å²) in [5, 5.41) is 10.2. The van der Waals surface area contributed by atoms with E-state index in [1.54, 1.807) is 19.1 Å². The Morgan fingerprint density at radius 3 is 2.07 bits per heavy atom. The number of benzene rings is 2. The van der Waals surface area contributed by atoms with Crippen LogP contribution in [0.3, 0.4) is 0 Å². The molecule has 2 nitrogen and oxygen atoms in total. The zero-order chi connectivity index (χ0) is 21.3. The van der Waals surface area contributed by atoms with Crippen LogP contribution in [0.5, 0.6) is 5.75 Å². The van der Waals surface area contributed by atoms with Gasteiger partial charge in [0.05, 0.1) is 12.7 Å². The van der Waals surface area contributed by atoms with Crippen molar-refractivity contribution >= 4 is 0 Å². The number of hydrogen-bond acceptors (Lipinski definition) is 2. The molecule has 0 saturated carbocycles. The van der Waals surface area contributed by atoms with Gasteiger partial charge >= 0.3 is 0 Å². The van der Waals surface area contributed by atoms with Gasteiger partial charge in [0.1, 0.15) is 0 Å². The second kappa shape index (κ2) is 11.2. The van der Waals surface area contributed by atoms with Gasteiger partial charge in [-0.15, -0.1) is 0 Å². The fraction of sp³-hybridized carbons (Fsp3) is 0.520. The first-order chi connectivity index (χ1) is 13.0. The Morgan fingerprint density at radius 2 is 1.61 bits per heavy atom. The molecule has 1 atom stereocenters. The van der Waals surface area contributed by atoms with Gasteiger partial charge in [0.15, 0.2) is 11.6 Å². The van der Waals surface area contributed by atoms with Crippen molar-refractivity contribution in [3.63, 3.8) is 0 Å². The largest absolute Gasteiger partial charge is 0.494 e. The lowest BCUT2D eigenvalue weighted by Crippen LogP contribution is -2.23. The fourth-order valence-electron chi connectivity index (χ4n) is 3.12. The Balaban J connectivity index is 0.000000292. The summed E-state index contributed by atoms with van der Waals surface area (Å²) < 4.78 is 18.3. The Kier molecular flexibility index (Phi) is 9.68. The molecule has 2 rings (SSSR count). The average molecular weight is 389 g/mol. The molecule has 0 saturated heterocycles. The molecule has 0 fully saturated rings. The van der Waals surface area contributed by atoms with Crippen molar-refractivity contribution in [1.29, 1.82) is 0 Å². The molecule has 2 aromatic rings. The van der Waals surface area contributed by atoms with Crippen LogP contribution in [0.25, 0.3) is 0 Å². The van der Waals surface area contributed by atoms with Crippen molar-refractivity contribution in [2.45, 2.75) is 66.4 Å². The first-order valence-corrected chi connectivity index (χ1v) is 10.2. The highest BCUT2D eigenvalue weighted by Gasteiger charge is 2.25. The van der Waals surface area contributed by atoms with Gasteiger partial charge in [-0.1, -0.05) is 63.6 Å². The first kappa shape index (κ1) is 24.2. The molecule has 0 aliphatic heterocycles. The van der Waals surface area contributed by atoms with Crippen LogP contribution in [0.15, 0.2) is 42.5 Å². The lowest BCUT2D eigenvalue weighted by molar-refractivity contribution is 0.0345. The van der Waals surface area contributed by atoms with E-state index in [0.717, 1.165) is 5.92 Å². The number of methoxy groups -OCH3 is 1. The van der Waals surface area contributed by atoms with Crippen LogP contribution in [0.2, 0.25) is 0 Å². The number of halogens is 1. The Hall–Kier alpha value is -1.87. The summed E-state index contributed by atoms with van der Waals surface area (Å²) in [5.74, 6) is 0.916. The third kappa shape index (κ3) is 8.43. The summed E-state index contributed by atoms with van der Waals surface area (Å²) in [5.41, 5.74) is 2.40. The lowest BCUT2D eigenvalue weighted by Gasteiger charge is -2.26. The van der Waals surface area contributed by atoms with Crippen LogP contribution in [0.4, 0.5) is 4.39 Å². The van der Waals surface area contributed by atoms with Crippen LogP contribution in [-0.4, -0.2) is 12.2 Å². The molecule has 28 heavy (non-hydrogen) atoms.